The van der Waals surface area contributed by atoms with Crippen molar-refractivity contribution in [1.82, 2.24) is 19.5 Å². The highest BCUT2D eigenvalue weighted by molar-refractivity contribution is 5.96. The fourth-order valence-corrected chi connectivity index (χ4v) is 4.44. The summed E-state index contributed by atoms with van der Waals surface area (Å²) in [6.45, 7) is 6.23. The third kappa shape index (κ3) is 3.96. The topological polar surface area (TPSA) is 85.2 Å². The number of carbonyl (C=O) groups is 1. The van der Waals surface area contributed by atoms with Crippen molar-refractivity contribution in [3.05, 3.63) is 66.1 Å². The van der Waals surface area contributed by atoms with Crippen molar-refractivity contribution in [3.8, 4) is 11.1 Å². The summed E-state index contributed by atoms with van der Waals surface area (Å²) >= 11 is 0. The summed E-state index contributed by atoms with van der Waals surface area (Å²) in [6.07, 6.45) is 2.51. The number of hydrogen-bond donors (Lipinski definition) is 1. The van der Waals surface area contributed by atoms with Crippen LogP contribution in [-0.4, -0.2) is 38.3 Å². The van der Waals surface area contributed by atoms with Gasteiger partial charge >= 0.3 is 6.09 Å². The quantitative estimate of drug-likeness (QED) is 0.427. The first-order valence-electron chi connectivity index (χ1n) is 11.5. The van der Waals surface area contributed by atoms with Gasteiger partial charge in [-0.1, -0.05) is 49.4 Å². The Morgan fingerprint density at radius 2 is 1.94 bits per heavy atom. The molecule has 0 saturated carbocycles. The number of amides is 1. The van der Waals surface area contributed by atoms with E-state index < -0.39 is 6.09 Å². The number of cyclic esters (lactones) is 1. The summed E-state index contributed by atoms with van der Waals surface area (Å²) in [4.78, 5) is 27.2. The molecule has 0 aliphatic carbocycles. The van der Waals surface area contributed by atoms with Gasteiger partial charge in [0.15, 0.2) is 0 Å². The summed E-state index contributed by atoms with van der Waals surface area (Å²) in [5.41, 5.74) is 4.68. The van der Waals surface area contributed by atoms with Crippen LogP contribution in [0.1, 0.15) is 37.7 Å². The molecular weight excluding hydrogens is 428 g/mol. The van der Waals surface area contributed by atoms with Crippen LogP contribution in [0, 0.1) is 6.92 Å². The first-order valence-corrected chi connectivity index (χ1v) is 11.5. The summed E-state index contributed by atoms with van der Waals surface area (Å²) in [5.74, 6) is 1.29. The van der Waals surface area contributed by atoms with Gasteiger partial charge in [0.05, 0.1) is 12.1 Å². The van der Waals surface area contributed by atoms with E-state index in [9.17, 15) is 4.79 Å². The number of aryl methyl sites for hydroxylation is 2. The maximum absolute atomic E-state index is 12.3. The summed E-state index contributed by atoms with van der Waals surface area (Å²) in [7, 11) is 2.07. The van der Waals surface area contributed by atoms with Crippen LogP contribution in [0.15, 0.2) is 54.7 Å². The molecule has 1 amide bonds. The largest absolute Gasteiger partial charge is 0.447 e. The molecular formula is C26H28N6O2. The van der Waals surface area contributed by atoms with Crippen molar-refractivity contribution < 1.29 is 9.53 Å². The van der Waals surface area contributed by atoms with Crippen LogP contribution in [0.2, 0.25) is 0 Å². The predicted molar refractivity (Wildman–Crippen MR) is 133 cm³/mol. The number of aromatic nitrogens is 4. The Hall–Kier alpha value is -3.94. The summed E-state index contributed by atoms with van der Waals surface area (Å²) < 4.78 is 7.36. The highest BCUT2D eigenvalue weighted by Gasteiger charge is 2.35. The Kier molecular flexibility index (Phi) is 5.65. The number of ether oxygens (including phenoxy) is 1. The van der Waals surface area contributed by atoms with E-state index in [2.05, 4.69) is 87.5 Å². The van der Waals surface area contributed by atoms with E-state index in [0.717, 1.165) is 17.5 Å². The molecule has 2 atom stereocenters. The third-order valence-corrected chi connectivity index (χ3v) is 6.33. The van der Waals surface area contributed by atoms with E-state index >= 15 is 0 Å². The van der Waals surface area contributed by atoms with E-state index in [4.69, 9.17) is 4.74 Å². The Morgan fingerprint density at radius 1 is 1.15 bits per heavy atom. The van der Waals surface area contributed by atoms with Crippen molar-refractivity contribution in [2.24, 2.45) is 7.05 Å². The summed E-state index contributed by atoms with van der Waals surface area (Å²) in [6, 6.07) is 16.8. The zero-order chi connectivity index (χ0) is 23.8. The van der Waals surface area contributed by atoms with E-state index in [1.807, 2.05) is 13.0 Å². The molecule has 3 heterocycles. The lowest BCUT2D eigenvalue weighted by Gasteiger charge is -2.20. The van der Waals surface area contributed by atoms with Crippen molar-refractivity contribution in [2.75, 3.05) is 16.8 Å². The van der Waals surface area contributed by atoms with Crippen molar-refractivity contribution in [1.29, 1.82) is 0 Å². The molecule has 34 heavy (non-hydrogen) atoms. The molecule has 0 radical (unpaired) electrons. The molecule has 1 saturated heterocycles. The Labute approximate surface area is 198 Å². The molecule has 8 nitrogen and oxygen atoms in total. The Bertz CT molecular complexity index is 1350. The minimum absolute atomic E-state index is 0.0540. The molecule has 2 aromatic heterocycles. The SMILES string of the molecule is CC[C@H]1COC(=O)N1c1nc(C)nc(NC(C)c2ccc3c(-c4ccccc4)cn(C)c3c2)n1. The number of hydrogen-bond acceptors (Lipinski definition) is 6. The molecule has 1 N–H and O–H groups in total. The minimum atomic E-state index is -0.417. The lowest BCUT2D eigenvalue weighted by atomic mass is 10.0. The number of fused-ring (bicyclic) bond motifs is 1. The number of nitrogens with zero attached hydrogens (tertiary/aromatic N) is 5. The van der Waals surface area contributed by atoms with Gasteiger partial charge in [-0.2, -0.15) is 15.0 Å². The zero-order valence-corrected chi connectivity index (χ0v) is 19.8. The van der Waals surface area contributed by atoms with Gasteiger partial charge < -0.3 is 14.6 Å². The van der Waals surface area contributed by atoms with Gasteiger partial charge in [0.1, 0.15) is 12.4 Å². The smallest absolute Gasteiger partial charge is 0.417 e. The van der Waals surface area contributed by atoms with Crippen LogP contribution in [0.3, 0.4) is 0 Å². The molecule has 174 valence electrons. The van der Waals surface area contributed by atoms with Gasteiger partial charge in [-0.15, -0.1) is 0 Å². The molecule has 8 heteroatoms. The van der Waals surface area contributed by atoms with E-state index in [-0.39, 0.29) is 12.1 Å². The second kappa shape index (κ2) is 8.78. The Balaban J connectivity index is 1.43. The van der Waals surface area contributed by atoms with Gasteiger partial charge in [-0.25, -0.2) is 9.69 Å². The second-order valence-electron chi connectivity index (χ2n) is 8.68. The number of rotatable bonds is 6. The Morgan fingerprint density at radius 3 is 2.71 bits per heavy atom. The third-order valence-electron chi connectivity index (χ3n) is 6.33. The molecule has 5 rings (SSSR count). The molecule has 1 unspecified atom stereocenters. The number of nitrogens with one attached hydrogen (secondary N) is 1. The normalized spacial score (nSPS) is 16.6. The van der Waals surface area contributed by atoms with Crippen LogP contribution < -0.4 is 10.2 Å². The van der Waals surface area contributed by atoms with Crippen molar-refractivity contribution >= 4 is 28.9 Å². The van der Waals surface area contributed by atoms with E-state index in [0.29, 0.717) is 24.3 Å². The molecule has 0 spiro atoms. The fourth-order valence-electron chi connectivity index (χ4n) is 4.44. The number of carbonyl (C=O) groups excluding carboxylic acids is 1. The maximum atomic E-state index is 12.3. The lowest BCUT2D eigenvalue weighted by Crippen LogP contribution is -2.34. The minimum Gasteiger partial charge on any atom is -0.447 e. The monoisotopic (exact) mass is 456 g/mol. The van der Waals surface area contributed by atoms with Crippen LogP contribution in [0.5, 0.6) is 0 Å². The maximum Gasteiger partial charge on any atom is 0.417 e. The van der Waals surface area contributed by atoms with Crippen LogP contribution >= 0.6 is 0 Å². The average Bonchev–Trinajstić information content (AvgIpc) is 3.38. The van der Waals surface area contributed by atoms with Crippen LogP contribution in [-0.2, 0) is 11.8 Å². The van der Waals surface area contributed by atoms with Gasteiger partial charge in [0.25, 0.3) is 0 Å². The molecule has 1 aliphatic heterocycles. The second-order valence-corrected chi connectivity index (χ2v) is 8.68. The van der Waals surface area contributed by atoms with E-state index in [1.165, 1.54) is 21.4 Å². The van der Waals surface area contributed by atoms with Crippen molar-refractivity contribution in [3.63, 3.8) is 0 Å². The molecule has 2 aromatic carbocycles. The standard InChI is InChI=1S/C26H28N6O2/c1-5-20-15-34-26(33)32(20)25-29-17(3)28-24(30-25)27-16(2)19-11-12-21-22(14-31(4)23(21)13-19)18-9-7-6-8-10-18/h6-14,16,20H,5,15H2,1-4H3,(H,27,28,29,30)/t16?,20-/m0/s1. The van der Waals surface area contributed by atoms with Crippen LogP contribution in [0.4, 0.5) is 16.7 Å². The predicted octanol–water partition coefficient (Wildman–Crippen LogP) is 5.25. The van der Waals surface area contributed by atoms with Gasteiger partial charge in [-0.3, -0.25) is 0 Å². The first kappa shape index (κ1) is 21.9. The first-order chi connectivity index (χ1) is 16.4. The molecule has 0 bridgehead atoms. The van der Waals surface area contributed by atoms with E-state index in [1.54, 1.807) is 6.92 Å². The molecule has 4 aromatic rings. The fraction of sp³-hybridized carbons (Fsp3) is 0.308. The number of benzene rings is 2. The van der Waals surface area contributed by atoms with Gasteiger partial charge in [-0.05, 0) is 37.5 Å². The number of anilines is 2. The summed E-state index contributed by atoms with van der Waals surface area (Å²) in [5, 5.41) is 4.59. The lowest BCUT2D eigenvalue weighted by molar-refractivity contribution is 0.178. The average molecular weight is 457 g/mol. The molecule has 1 fully saturated rings. The highest BCUT2D eigenvalue weighted by atomic mass is 16.6. The van der Waals surface area contributed by atoms with Gasteiger partial charge in [0.2, 0.25) is 11.9 Å². The highest BCUT2D eigenvalue weighted by Crippen LogP contribution is 2.32. The van der Waals surface area contributed by atoms with Crippen LogP contribution in [0.25, 0.3) is 22.0 Å². The zero-order valence-electron chi connectivity index (χ0n) is 19.8. The molecule has 1 aliphatic rings. The van der Waals surface area contributed by atoms with Gasteiger partial charge in [0, 0.05) is 29.7 Å². The van der Waals surface area contributed by atoms with Crippen molar-refractivity contribution in [2.45, 2.75) is 39.3 Å².